The lowest BCUT2D eigenvalue weighted by molar-refractivity contribution is -0.0779. The molecule has 0 atom stereocenters. The number of benzene rings is 1. The lowest BCUT2D eigenvalue weighted by Crippen LogP contribution is -2.56. The molecule has 0 radical (unpaired) electrons. The van der Waals surface area contributed by atoms with Crippen molar-refractivity contribution < 1.29 is 4.74 Å². The number of nitrogens with two attached hydrogens (primary N) is 1. The van der Waals surface area contributed by atoms with Crippen molar-refractivity contribution >= 4 is 11.6 Å². The molecule has 1 spiro atoms. The van der Waals surface area contributed by atoms with Crippen LogP contribution in [0.25, 0.3) is 11.3 Å². The predicted octanol–water partition coefficient (Wildman–Crippen LogP) is 3.13. The summed E-state index contributed by atoms with van der Waals surface area (Å²) >= 11 is 0. The monoisotopic (exact) mass is 387 g/mol. The third-order valence-corrected chi connectivity index (χ3v) is 5.78. The second kappa shape index (κ2) is 6.87. The van der Waals surface area contributed by atoms with Gasteiger partial charge in [-0.2, -0.15) is 10.4 Å². The van der Waals surface area contributed by atoms with E-state index in [-0.39, 0.29) is 11.8 Å². The van der Waals surface area contributed by atoms with Crippen LogP contribution in [0.1, 0.15) is 31.4 Å². The van der Waals surface area contributed by atoms with Crippen molar-refractivity contribution in [3.05, 3.63) is 48.4 Å². The Morgan fingerprint density at radius 1 is 1.14 bits per heavy atom. The van der Waals surface area contributed by atoms with E-state index in [0.29, 0.717) is 23.1 Å². The number of anilines is 2. The Morgan fingerprint density at radius 3 is 2.69 bits per heavy atom. The molecule has 0 bridgehead atoms. The Kier molecular flexibility index (Phi) is 4.18. The maximum atomic E-state index is 8.81. The van der Waals surface area contributed by atoms with Crippen LogP contribution in [0, 0.1) is 16.7 Å². The summed E-state index contributed by atoms with van der Waals surface area (Å²) in [4.78, 5) is 8.15. The maximum Gasteiger partial charge on any atom is 0.158 e. The molecule has 3 aromatic rings. The van der Waals surface area contributed by atoms with Crippen LogP contribution in [0.15, 0.2) is 42.7 Å². The van der Waals surface area contributed by atoms with Gasteiger partial charge in [0.25, 0.3) is 0 Å². The van der Waals surface area contributed by atoms with E-state index >= 15 is 0 Å². The Labute approximate surface area is 168 Å². The predicted molar refractivity (Wildman–Crippen MR) is 107 cm³/mol. The van der Waals surface area contributed by atoms with Crippen LogP contribution in [0.3, 0.4) is 0 Å². The normalized spacial score (nSPS) is 25.0. The number of nitriles is 1. The van der Waals surface area contributed by atoms with Crippen molar-refractivity contribution in [2.45, 2.75) is 37.8 Å². The van der Waals surface area contributed by atoms with Gasteiger partial charge >= 0.3 is 0 Å². The summed E-state index contributed by atoms with van der Waals surface area (Å²) in [5.41, 5.74) is 8.47. The highest BCUT2D eigenvalue weighted by molar-refractivity contribution is 5.70. The Hall–Kier alpha value is -3.44. The Bertz CT molecular complexity index is 1060. The van der Waals surface area contributed by atoms with Crippen molar-refractivity contribution in [3.63, 3.8) is 0 Å². The van der Waals surface area contributed by atoms with Crippen LogP contribution in [0.4, 0.5) is 11.6 Å². The molecule has 1 aromatic carbocycles. The van der Waals surface area contributed by atoms with Gasteiger partial charge in [0.05, 0.1) is 24.2 Å². The van der Waals surface area contributed by atoms with Gasteiger partial charge in [-0.05, 0) is 43.2 Å². The molecule has 0 saturated heterocycles. The number of hydrogen-bond acceptors (Lipinski definition) is 7. The number of nitrogens with zero attached hydrogens (tertiary/aromatic N) is 4. The molecule has 0 aliphatic heterocycles. The number of nitrogens with one attached hydrogen (secondary N) is 2. The molecule has 2 aliphatic rings. The number of ether oxygens (including phenoxy) is 1. The smallest absolute Gasteiger partial charge is 0.158 e. The average Bonchev–Trinajstić information content (AvgIpc) is 3.14. The van der Waals surface area contributed by atoms with Gasteiger partial charge in [0, 0.05) is 17.7 Å². The Balaban J connectivity index is 1.28. The fourth-order valence-electron chi connectivity index (χ4n) is 4.45. The minimum Gasteiger partial charge on any atom is -0.490 e. The molecule has 2 aliphatic carbocycles. The summed E-state index contributed by atoms with van der Waals surface area (Å²) in [6.45, 7) is 0. The molecule has 4 N–H and O–H groups in total. The molecular formula is C21H21N7O. The SMILES string of the molecule is N#Cc1cnc(Nc2cc(-c3ccccc3OC3CC4(CC(N)C4)C3)[nH]n2)cn1. The minimum atomic E-state index is 0.248. The molecule has 5 rings (SSSR count). The van der Waals surface area contributed by atoms with Crippen LogP contribution >= 0.6 is 0 Å². The third kappa shape index (κ3) is 3.41. The lowest BCUT2D eigenvalue weighted by Gasteiger charge is -2.56. The molecule has 29 heavy (non-hydrogen) atoms. The van der Waals surface area contributed by atoms with Crippen LogP contribution in [-0.2, 0) is 0 Å². The van der Waals surface area contributed by atoms with Gasteiger partial charge < -0.3 is 15.8 Å². The molecule has 2 saturated carbocycles. The summed E-state index contributed by atoms with van der Waals surface area (Å²) in [5, 5.41) is 19.2. The summed E-state index contributed by atoms with van der Waals surface area (Å²) in [6.07, 6.45) is 7.59. The first-order valence-corrected chi connectivity index (χ1v) is 9.69. The maximum absolute atomic E-state index is 8.81. The fraction of sp³-hybridized carbons (Fsp3) is 0.333. The van der Waals surface area contributed by atoms with E-state index < -0.39 is 0 Å². The first-order valence-electron chi connectivity index (χ1n) is 9.69. The molecule has 8 nitrogen and oxygen atoms in total. The quantitative estimate of drug-likeness (QED) is 0.614. The van der Waals surface area contributed by atoms with Gasteiger partial charge in [-0.3, -0.25) is 5.10 Å². The number of hydrogen-bond donors (Lipinski definition) is 3. The summed E-state index contributed by atoms with van der Waals surface area (Å²) in [7, 11) is 0. The summed E-state index contributed by atoms with van der Waals surface area (Å²) < 4.78 is 6.29. The summed E-state index contributed by atoms with van der Waals surface area (Å²) in [5.74, 6) is 1.98. The zero-order valence-corrected chi connectivity index (χ0v) is 15.8. The highest BCUT2D eigenvalue weighted by Gasteiger charge is 2.52. The van der Waals surface area contributed by atoms with Gasteiger partial charge in [0.2, 0.25) is 0 Å². The van der Waals surface area contributed by atoms with E-state index in [2.05, 4.69) is 25.5 Å². The first-order chi connectivity index (χ1) is 14.1. The molecular weight excluding hydrogens is 366 g/mol. The molecule has 0 unspecified atom stereocenters. The molecule has 2 fully saturated rings. The van der Waals surface area contributed by atoms with Gasteiger partial charge in [-0.25, -0.2) is 9.97 Å². The molecule has 2 aromatic heterocycles. The summed E-state index contributed by atoms with van der Waals surface area (Å²) in [6, 6.07) is 12.2. The van der Waals surface area contributed by atoms with Gasteiger partial charge in [0.1, 0.15) is 17.6 Å². The van der Waals surface area contributed by atoms with E-state index in [1.165, 1.54) is 12.4 Å². The highest BCUT2D eigenvalue weighted by Crippen LogP contribution is 2.56. The fourth-order valence-corrected chi connectivity index (χ4v) is 4.45. The number of para-hydroxylation sites is 1. The van der Waals surface area contributed by atoms with Crippen LogP contribution in [-0.4, -0.2) is 32.3 Å². The van der Waals surface area contributed by atoms with E-state index in [0.717, 1.165) is 42.7 Å². The van der Waals surface area contributed by atoms with Crippen molar-refractivity contribution in [2.24, 2.45) is 11.1 Å². The van der Waals surface area contributed by atoms with Gasteiger partial charge in [-0.15, -0.1) is 0 Å². The van der Waals surface area contributed by atoms with Crippen LogP contribution < -0.4 is 15.8 Å². The first kappa shape index (κ1) is 17.6. The standard InChI is InChI=1S/C21H21N7O/c22-10-14-11-25-20(12-24-14)26-19-5-17(27-28-19)16-3-1-2-4-18(16)29-15-8-21(9-15)6-13(23)7-21/h1-5,11-13,15H,6-9,23H2,(H2,25,26,27,28). The van der Waals surface area contributed by atoms with Crippen LogP contribution in [0.5, 0.6) is 5.75 Å². The molecule has 8 heteroatoms. The Morgan fingerprint density at radius 2 is 1.97 bits per heavy atom. The van der Waals surface area contributed by atoms with E-state index in [9.17, 15) is 0 Å². The number of H-pyrrole nitrogens is 1. The van der Waals surface area contributed by atoms with E-state index in [1.807, 2.05) is 36.4 Å². The van der Waals surface area contributed by atoms with E-state index in [1.54, 1.807) is 0 Å². The molecule has 146 valence electrons. The van der Waals surface area contributed by atoms with Crippen molar-refractivity contribution in [2.75, 3.05) is 5.32 Å². The molecule has 2 heterocycles. The van der Waals surface area contributed by atoms with E-state index in [4.69, 9.17) is 15.7 Å². The lowest BCUT2D eigenvalue weighted by atomic mass is 9.53. The average molecular weight is 387 g/mol. The molecule has 0 amide bonds. The van der Waals surface area contributed by atoms with Gasteiger partial charge in [0.15, 0.2) is 11.5 Å². The van der Waals surface area contributed by atoms with Crippen molar-refractivity contribution in [1.29, 1.82) is 5.26 Å². The third-order valence-electron chi connectivity index (χ3n) is 5.78. The van der Waals surface area contributed by atoms with Crippen molar-refractivity contribution in [3.8, 4) is 23.1 Å². The number of aromatic nitrogens is 4. The zero-order valence-electron chi connectivity index (χ0n) is 15.8. The van der Waals surface area contributed by atoms with Crippen LogP contribution in [0.2, 0.25) is 0 Å². The highest BCUT2D eigenvalue weighted by atomic mass is 16.5. The second-order valence-electron chi connectivity index (χ2n) is 8.00. The zero-order chi connectivity index (χ0) is 19.8. The van der Waals surface area contributed by atoms with Crippen molar-refractivity contribution in [1.82, 2.24) is 20.2 Å². The second-order valence-corrected chi connectivity index (χ2v) is 8.00. The minimum absolute atomic E-state index is 0.248. The number of aromatic amines is 1. The van der Waals surface area contributed by atoms with Gasteiger partial charge in [-0.1, -0.05) is 12.1 Å². The number of rotatable bonds is 5. The largest absolute Gasteiger partial charge is 0.490 e. The topological polar surface area (TPSA) is 126 Å².